The summed E-state index contributed by atoms with van der Waals surface area (Å²) in [5, 5.41) is 0. The minimum absolute atomic E-state index is 0.00637. The van der Waals surface area contributed by atoms with E-state index in [1.165, 1.54) is 29.7 Å². The van der Waals surface area contributed by atoms with E-state index in [1.54, 1.807) is 0 Å². The molecular weight excluding hydrogens is 541 g/mol. The first kappa shape index (κ1) is 31.6. The van der Waals surface area contributed by atoms with Gasteiger partial charge < -0.3 is 9.64 Å². The number of hydrogen-bond acceptors (Lipinski definition) is 5. The quantitative estimate of drug-likeness (QED) is 0.409. The number of benzene rings is 2. The molecule has 2 aliphatic heterocycles. The second-order valence-electron chi connectivity index (χ2n) is 14.9. The lowest BCUT2D eigenvalue weighted by Gasteiger charge is -2.44. The summed E-state index contributed by atoms with van der Waals surface area (Å²) < 4.78 is 19.7. The smallest absolute Gasteiger partial charge is 0.324 e. The maximum Gasteiger partial charge on any atom is 0.324 e. The van der Waals surface area contributed by atoms with Gasteiger partial charge in [-0.2, -0.15) is 0 Å². The number of aryl methyl sites for hydroxylation is 2. The SMILES string of the molecule is C[C@H]1CN([C@@H](Cc2ccc3c(c2)CCC3)C(=O)OC(C)(C)C)CCN1C(=O)C1CN(C(C)(C)C)CC1c1ccc(F)cc1. The first-order chi connectivity index (χ1) is 20.2. The topological polar surface area (TPSA) is 53.1 Å². The maximum absolute atomic E-state index is 14.2. The maximum atomic E-state index is 14.2. The predicted octanol–water partition coefficient (Wildman–Crippen LogP) is 5.61. The van der Waals surface area contributed by atoms with Crippen molar-refractivity contribution in [1.82, 2.24) is 14.7 Å². The van der Waals surface area contributed by atoms with E-state index in [9.17, 15) is 14.0 Å². The van der Waals surface area contributed by atoms with Crippen molar-refractivity contribution in [3.05, 3.63) is 70.5 Å². The molecule has 2 unspecified atom stereocenters. The van der Waals surface area contributed by atoms with E-state index < -0.39 is 11.6 Å². The predicted molar refractivity (Wildman–Crippen MR) is 169 cm³/mol. The molecule has 1 amide bonds. The minimum atomic E-state index is -0.576. The lowest BCUT2D eigenvalue weighted by atomic mass is 9.87. The van der Waals surface area contributed by atoms with Crippen LogP contribution in [0.25, 0.3) is 0 Å². The van der Waals surface area contributed by atoms with E-state index in [2.05, 4.69) is 55.7 Å². The summed E-state index contributed by atoms with van der Waals surface area (Å²) in [6, 6.07) is 12.9. The molecule has 43 heavy (non-hydrogen) atoms. The van der Waals surface area contributed by atoms with Crippen molar-refractivity contribution in [3.8, 4) is 0 Å². The molecule has 0 radical (unpaired) electrons. The average Bonchev–Trinajstić information content (AvgIpc) is 3.58. The Morgan fingerprint density at radius 1 is 0.930 bits per heavy atom. The third-order valence-electron chi connectivity index (χ3n) is 9.54. The molecule has 2 fully saturated rings. The highest BCUT2D eigenvalue weighted by molar-refractivity contribution is 5.81. The summed E-state index contributed by atoms with van der Waals surface area (Å²) in [7, 11) is 0. The fraction of sp³-hybridized carbons (Fsp3) is 0.611. The van der Waals surface area contributed by atoms with E-state index in [1.807, 2.05) is 37.8 Å². The van der Waals surface area contributed by atoms with Crippen LogP contribution in [-0.4, -0.2) is 82.5 Å². The van der Waals surface area contributed by atoms with Crippen LogP contribution in [-0.2, 0) is 33.6 Å². The zero-order valence-corrected chi connectivity index (χ0v) is 27.2. The Balaban J connectivity index is 1.33. The molecule has 234 valence electrons. The van der Waals surface area contributed by atoms with Crippen LogP contribution in [0.1, 0.15) is 83.1 Å². The standard InChI is InChI=1S/C36H50FN3O3/c1-24-21-38(32(34(42)43-36(5,6)7)20-25-11-12-26-9-8-10-28(26)19-25)17-18-40(24)33(41)31-23-39(35(2,3)4)22-30(31)27-13-15-29(37)16-14-27/h11-16,19,24,30-32H,8-10,17-18,20-23H2,1-7H3/t24-,30?,31?,32-/m0/s1. The molecule has 2 aromatic rings. The zero-order valence-electron chi connectivity index (χ0n) is 27.2. The number of carbonyl (C=O) groups excluding carboxylic acids is 2. The molecule has 2 heterocycles. The van der Waals surface area contributed by atoms with Crippen molar-refractivity contribution in [3.63, 3.8) is 0 Å². The molecule has 0 aromatic heterocycles. The molecule has 6 nitrogen and oxygen atoms in total. The molecule has 0 saturated carbocycles. The molecule has 5 rings (SSSR count). The van der Waals surface area contributed by atoms with Gasteiger partial charge >= 0.3 is 5.97 Å². The largest absolute Gasteiger partial charge is 0.459 e. The summed E-state index contributed by atoms with van der Waals surface area (Å²) in [6.07, 6.45) is 4.02. The number of amides is 1. The number of halogens is 1. The molecule has 3 aliphatic rings. The number of piperazine rings is 1. The fourth-order valence-corrected chi connectivity index (χ4v) is 7.17. The van der Waals surface area contributed by atoms with E-state index in [0.29, 0.717) is 32.6 Å². The Morgan fingerprint density at radius 3 is 2.28 bits per heavy atom. The third-order valence-corrected chi connectivity index (χ3v) is 9.54. The van der Waals surface area contributed by atoms with Crippen LogP contribution in [0.15, 0.2) is 42.5 Å². The molecule has 0 bridgehead atoms. The Hall–Kier alpha value is -2.77. The third kappa shape index (κ3) is 7.31. The molecule has 0 N–H and O–H groups in total. The van der Waals surface area contributed by atoms with Crippen molar-refractivity contribution in [2.45, 2.75) is 103 Å². The highest BCUT2D eigenvalue weighted by Gasteiger charge is 2.45. The lowest BCUT2D eigenvalue weighted by molar-refractivity contribution is -0.163. The Kier molecular flexibility index (Phi) is 9.06. The van der Waals surface area contributed by atoms with Gasteiger partial charge in [-0.15, -0.1) is 0 Å². The van der Waals surface area contributed by atoms with Crippen molar-refractivity contribution in [2.24, 2.45) is 5.92 Å². The van der Waals surface area contributed by atoms with Gasteiger partial charge in [-0.1, -0.05) is 30.3 Å². The summed E-state index contributed by atoms with van der Waals surface area (Å²) in [4.78, 5) is 34.5. The monoisotopic (exact) mass is 591 g/mol. The summed E-state index contributed by atoms with van der Waals surface area (Å²) in [5.41, 5.74) is 4.36. The Labute approximate surface area is 257 Å². The zero-order chi connectivity index (χ0) is 31.1. The molecule has 7 heteroatoms. The molecule has 4 atom stereocenters. The van der Waals surface area contributed by atoms with Crippen LogP contribution in [0.3, 0.4) is 0 Å². The number of carbonyl (C=O) groups is 2. The van der Waals surface area contributed by atoms with E-state index in [0.717, 1.165) is 30.5 Å². The lowest BCUT2D eigenvalue weighted by Crippen LogP contribution is -2.60. The second kappa shape index (κ2) is 12.3. The van der Waals surface area contributed by atoms with Gasteiger partial charge in [0, 0.05) is 50.2 Å². The van der Waals surface area contributed by atoms with Crippen molar-refractivity contribution in [1.29, 1.82) is 0 Å². The fourth-order valence-electron chi connectivity index (χ4n) is 7.17. The van der Waals surface area contributed by atoms with Crippen LogP contribution in [0.4, 0.5) is 4.39 Å². The van der Waals surface area contributed by atoms with Gasteiger partial charge in [0.2, 0.25) is 5.91 Å². The van der Waals surface area contributed by atoms with Gasteiger partial charge in [-0.05, 0) is 109 Å². The van der Waals surface area contributed by atoms with Gasteiger partial charge in [-0.25, -0.2) is 4.39 Å². The van der Waals surface area contributed by atoms with Crippen LogP contribution in [0, 0.1) is 11.7 Å². The van der Waals surface area contributed by atoms with Gasteiger partial charge in [0.1, 0.15) is 17.5 Å². The molecule has 1 aliphatic carbocycles. The van der Waals surface area contributed by atoms with Crippen molar-refractivity contribution in [2.75, 3.05) is 32.7 Å². The van der Waals surface area contributed by atoms with E-state index >= 15 is 0 Å². The van der Waals surface area contributed by atoms with Gasteiger partial charge in [0.15, 0.2) is 0 Å². The number of esters is 1. The van der Waals surface area contributed by atoms with Crippen LogP contribution < -0.4 is 0 Å². The molecule has 2 aromatic carbocycles. The number of fused-ring (bicyclic) bond motifs is 1. The van der Waals surface area contributed by atoms with Crippen molar-refractivity contribution >= 4 is 11.9 Å². The van der Waals surface area contributed by atoms with Crippen LogP contribution in [0.2, 0.25) is 0 Å². The van der Waals surface area contributed by atoms with E-state index in [4.69, 9.17) is 4.74 Å². The summed E-state index contributed by atoms with van der Waals surface area (Å²) in [6.45, 7) is 17.6. The van der Waals surface area contributed by atoms with Crippen LogP contribution in [0.5, 0.6) is 0 Å². The highest BCUT2D eigenvalue weighted by atomic mass is 19.1. The molecule has 0 spiro atoms. The number of hydrogen-bond donors (Lipinski definition) is 0. The van der Waals surface area contributed by atoms with Gasteiger partial charge in [-0.3, -0.25) is 19.4 Å². The Morgan fingerprint density at radius 2 is 1.63 bits per heavy atom. The minimum Gasteiger partial charge on any atom is -0.459 e. The normalized spacial score (nSPS) is 24.2. The number of nitrogens with zero attached hydrogens (tertiary/aromatic N) is 3. The number of rotatable bonds is 6. The first-order valence-electron chi connectivity index (χ1n) is 16.1. The van der Waals surface area contributed by atoms with Gasteiger partial charge in [0.25, 0.3) is 0 Å². The van der Waals surface area contributed by atoms with Crippen LogP contribution >= 0.6 is 0 Å². The molecule has 2 saturated heterocycles. The summed E-state index contributed by atoms with van der Waals surface area (Å²) in [5.74, 6) is -0.506. The highest BCUT2D eigenvalue weighted by Crippen LogP contribution is 2.38. The average molecular weight is 592 g/mol. The second-order valence-corrected chi connectivity index (χ2v) is 14.9. The number of ether oxygens (including phenoxy) is 1. The van der Waals surface area contributed by atoms with Gasteiger partial charge in [0.05, 0.1) is 5.92 Å². The number of likely N-dealkylation sites (tertiary alicyclic amines) is 1. The molecular formula is C36H50FN3O3. The Bertz CT molecular complexity index is 1310. The van der Waals surface area contributed by atoms with Crippen molar-refractivity contribution < 1.29 is 18.7 Å². The first-order valence-corrected chi connectivity index (χ1v) is 16.1. The van der Waals surface area contributed by atoms with E-state index in [-0.39, 0.29) is 41.1 Å². The summed E-state index contributed by atoms with van der Waals surface area (Å²) >= 11 is 0.